The van der Waals surface area contributed by atoms with Crippen LogP contribution in [-0.4, -0.2) is 4.57 Å². The Bertz CT molecular complexity index is 618. The average Bonchev–Trinajstić information content (AvgIpc) is 2.56. The predicted octanol–water partition coefficient (Wildman–Crippen LogP) is 2.75. The molecule has 4 heteroatoms. The van der Waals surface area contributed by atoms with Gasteiger partial charge in [0.25, 0.3) is 0 Å². The van der Waals surface area contributed by atoms with E-state index in [0.717, 1.165) is 16.8 Å². The fourth-order valence-electron chi connectivity index (χ4n) is 2.01. The number of halogens is 1. The Kier molecular flexibility index (Phi) is 3.07. The minimum atomic E-state index is -0.259. The van der Waals surface area contributed by atoms with Gasteiger partial charge in [-0.3, -0.25) is 0 Å². The number of nitrogens with zero attached hydrogens (tertiary/aromatic N) is 2. The standard InChI is InChI=1S/C14H14FN3/c1-9-10(2)18(14(17)13(9)7-16)8-11-3-5-12(15)6-4-11/h3-6H,8,17H2,1-2H3. The van der Waals surface area contributed by atoms with Gasteiger partial charge in [-0.15, -0.1) is 0 Å². The van der Waals surface area contributed by atoms with Crippen molar-refractivity contribution in [2.45, 2.75) is 20.4 Å². The minimum Gasteiger partial charge on any atom is -0.384 e. The molecule has 0 fully saturated rings. The van der Waals surface area contributed by atoms with Crippen molar-refractivity contribution < 1.29 is 4.39 Å². The molecule has 2 rings (SSSR count). The molecule has 0 bridgehead atoms. The summed E-state index contributed by atoms with van der Waals surface area (Å²) >= 11 is 0. The van der Waals surface area contributed by atoms with Crippen molar-refractivity contribution in [1.29, 1.82) is 5.26 Å². The lowest BCUT2D eigenvalue weighted by molar-refractivity contribution is 0.626. The smallest absolute Gasteiger partial charge is 0.123 e. The van der Waals surface area contributed by atoms with Gasteiger partial charge in [-0.1, -0.05) is 12.1 Å². The third kappa shape index (κ3) is 1.95. The largest absolute Gasteiger partial charge is 0.384 e. The van der Waals surface area contributed by atoms with Crippen molar-refractivity contribution >= 4 is 5.82 Å². The highest BCUT2D eigenvalue weighted by Crippen LogP contribution is 2.24. The van der Waals surface area contributed by atoms with Crippen molar-refractivity contribution in [2.75, 3.05) is 5.73 Å². The lowest BCUT2D eigenvalue weighted by atomic mass is 10.2. The van der Waals surface area contributed by atoms with Crippen molar-refractivity contribution in [2.24, 2.45) is 0 Å². The second-order valence-electron chi connectivity index (χ2n) is 4.30. The molecule has 0 unspecified atom stereocenters. The number of hydrogen-bond acceptors (Lipinski definition) is 2. The molecule has 0 aliphatic carbocycles. The minimum absolute atomic E-state index is 0.259. The summed E-state index contributed by atoms with van der Waals surface area (Å²) < 4.78 is 14.7. The first-order chi connectivity index (χ1) is 8.54. The van der Waals surface area contributed by atoms with E-state index in [1.807, 2.05) is 18.4 Å². The zero-order valence-corrected chi connectivity index (χ0v) is 10.4. The number of anilines is 1. The highest BCUT2D eigenvalue weighted by molar-refractivity contribution is 5.58. The maximum atomic E-state index is 12.8. The van der Waals surface area contributed by atoms with E-state index in [0.29, 0.717) is 17.9 Å². The number of nitrogens with two attached hydrogens (primary N) is 1. The zero-order chi connectivity index (χ0) is 13.3. The topological polar surface area (TPSA) is 54.7 Å². The second kappa shape index (κ2) is 4.53. The summed E-state index contributed by atoms with van der Waals surface area (Å²) in [5.74, 6) is 0.210. The van der Waals surface area contributed by atoms with Gasteiger partial charge in [-0.2, -0.15) is 5.26 Å². The molecule has 92 valence electrons. The number of hydrogen-bond donors (Lipinski definition) is 1. The van der Waals surface area contributed by atoms with E-state index in [9.17, 15) is 4.39 Å². The van der Waals surface area contributed by atoms with E-state index < -0.39 is 0 Å². The molecule has 1 heterocycles. The van der Waals surface area contributed by atoms with Crippen LogP contribution in [0.3, 0.4) is 0 Å². The third-order valence-corrected chi connectivity index (χ3v) is 3.24. The number of nitrogen functional groups attached to an aromatic ring is 1. The molecule has 0 aliphatic heterocycles. The first kappa shape index (κ1) is 12.2. The Labute approximate surface area is 105 Å². The molecule has 0 saturated carbocycles. The zero-order valence-electron chi connectivity index (χ0n) is 10.4. The summed E-state index contributed by atoms with van der Waals surface area (Å²) in [6, 6.07) is 8.39. The Hall–Kier alpha value is -2.28. The number of rotatable bonds is 2. The number of aromatic nitrogens is 1. The molecule has 2 aromatic rings. The van der Waals surface area contributed by atoms with Gasteiger partial charge in [0.1, 0.15) is 17.7 Å². The van der Waals surface area contributed by atoms with Crippen LogP contribution in [0.1, 0.15) is 22.4 Å². The molecule has 0 amide bonds. The van der Waals surface area contributed by atoms with E-state index in [-0.39, 0.29) is 5.82 Å². The van der Waals surface area contributed by atoms with E-state index in [2.05, 4.69) is 6.07 Å². The van der Waals surface area contributed by atoms with E-state index in [1.54, 1.807) is 12.1 Å². The van der Waals surface area contributed by atoms with Crippen LogP contribution in [-0.2, 0) is 6.54 Å². The van der Waals surface area contributed by atoms with Gasteiger partial charge in [0, 0.05) is 12.2 Å². The van der Waals surface area contributed by atoms with E-state index in [4.69, 9.17) is 11.0 Å². The maximum absolute atomic E-state index is 12.8. The monoisotopic (exact) mass is 243 g/mol. The summed E-state index contributed by atoms with van der Waals surface area (Å²) in [5, 5.41) is 9.05. The van der Waals surface area contributed by atoms with Crippen LogP contribution in [0.2, 0.25) is 0 Å². The van der Waals surface area contributed by atoms with Crippen molar-refractivity contribution in [1.82, 2.24) is 4.57 Å². The van der Waals surface area contributed by atoms with Crippen LogP contribution in [0.5, 0.6) is 0 Å². The van der Waals surface area contributed by atoms with E-state index in [1.165, 1.54) is 12.1 Å². The normalized spacial score (nSPS) is 10.3. The Morgan fingerprint density at radius 2 is 1.89 bits per heavy atom. The van der Waals surface area contributed by atoms with Gasteiger partial charge in [0.15, 0.2) is 0 Å². The summed E-state index contributed by atoms with van der Waals surface area (Å²) in [4.78, 5) is 0. The number of benzene rings is 1. The highest BCUT2D eigenvalue weighted by atomic mass is 19.1. The Balaban J connectivity index is 2.41. The molecule has 0 aliphatic rings. The maximum Gasteiger partial charge on any atom is 0.123 e. The quantitative estimate of drug-likeness (QED) is 0.881. The summed E-state index contributed by atoms with van der Waals surface area (Å²) in [5.41, 5.74) is 9.30. The highest BCUT2D eigenvalue weighted by Gasteiger charge is 2.14. The fraction of sp³-hybridized carbons (Fsp3) is 0.214. The molecular formula is C14H14FN3. The Morgan fingerprint density at radius 1 is 1.28 bits per heavy atom. The average molecular weight is 243 g/mol. The molecule has 3 nitrogen and oxygen atoms in total. The molecule has 0 spiro atoms. The summed E-state index contributed by atoms with van der Waals surface area (Å²) in [7, 11) is 0. The van der Waals surface area contributed by atoms with Crippen molar-refractivity contribution in [3.05, 3.63) is 52.5 Å². The first-order valence-corrected chi connectivity index (χ1v) is 5.64. The fourth-order valence-corrected chi connectivity index (χ4v) is 2.01. The van der Waals surface area contributed by atoms with Crippen molar-refractivity contribution in [3.63, 3.8) is 0 Å². The lowest BCUT2D eigenvalue weighted by Gasteiger charge is -2.09. The third-order valence-electron chi connectivity index (χ3n) is 3.24. The molecule has 2 N–H and O–H groups in total. The lowest BCUT2D eigenvalue weighted by Crippen LogP contribution is -2.06. The molecule has 0 radical (unpaired) electrons. The number of nitriles is 1. The van der Waals surface area contributed by atoms with Crippen LogP contribution in [0.15, 0.2) is 24.3 Å². The van der Waals surface area contributed by atoms with Crippen LogP contribution in [0.4, 0.5) is 10.2 Å². The molecule has 0 atom stereocenters. The molecule has 1 aromatic carbocycles. The molecule has 0 saturated heterocycles. The Morgan fingerprint density at radius 3 is 2.39 bits per heavy atom. The summed E-state index contributed by atoms with van der Waals surface area (Å²) in [6.07, 6.45) is 0. The second-order valence-corrected chi connectivity index (χ2v) is 4.30. The van der Waals surface area contributed by atoms with Gasteiger partial charge >= 0.3 is 0 Å². The van der Waals surface area contributed by atoms with Crippen LogP contribution in [0, 0.1) is 31.0 Å². The van der Waals surface area contributed by atoms with E-state index >= 15 is 0 Å². The SMILES string of the molecule is Cc1c(C#N)c(N)n(Cc2ccc(F)cc2)c1C. The van der Waals surface area contributed by atoms with Gasteiger partial charge in [0.2, 0.25) is 0 Å². The van der Waals surface area contributed by atoms with Gasteiger partial charge in [-0.25, -0.2) is 4.39 Å². The molecule has 1 aromatic heterocycles. The van der Waals surface area contributed by atoms with Gasteiger partial charge < -0.3 is 10.3 Å². The van der Waals surface area contributed by atoms with Gasteiger partial charge in [-0.05, 0) is 37.1 Å². The van der Waals surface area contributed by atoms with Crippen LogP contribution >= 0.6 is 0 Å². The first-order valence-electron chi connectivity index (χ1n) is 5.64. The van der Waals surface area contributed by atoms with Gasteiger partial charge in [0.05, 0.1) is 5.56 Å². The van der Waals surface area contributed by atoms with Crippen LogP contribution < -0.4 is 5.73 Å². The molecular weight excluding hydrogens is 229 g/mol. The summed E-state index contributed by atoms with van der Waals surface area (Å²) in [6.45, 7) is 4.35. The molecule has 18 heavy (non-hydrogen) atoms. The van der Waals surface area contributed by atoms with Crippen molar-refractivity contribution in [3.8, 4) is 6.07 Å². The predicted molar refractivity (Wildman–Crippen MR) is 68.5 cm³/mol. The van der Waals surface area contributed by atoms with Crippen LogP contribution in [0.25, 0.3) is 0 Å².